The van der Waals surface area contributed by atoms with Crippen LogP contribution in [0.4, 0.5) is 11.4 Å². The Morgan fingerprint density at radius 3 is 2.63 bits per heavy atom. The summed E-state index contributed by atoms with van der Waals surface area (Å²) in [6.07, 6.45) is 1.58. The molecule has 3 N–H and O–H groups in total. The summed E-state index contributed by atoms with van der Waals surface area (Å²) in [5.74, 6) is 0. The monoisotopic (exact) mass is 300 g/mol. The second-order valence-electron chi connectivity index (χ2n) is 4.09. The van der Waals surface area contributed by atoms with Gasteiger partial charge in [-0.15, -0.1) is 0 Å². The number of nitrogens with one attached hydrogen (secondary N) is 1. The van der Waals surface area contributed by atoms with Crippen LogP contribution in [-0.2, 0) is 17.1 Å². The van der Waals surface area contributed by atoms with Crippen LogP contribution in [0.2, 0.25) is 5.02 Å². The Morgan fingerprint density at radius 2 is 2.11 bits per heavy atom. The van der Waals surface area contributed by atoms with Gasteiger partial charge in [0.05, 0.1) is 17.1 Å². The van der Waals surface area contributed by atoms with Gasteiger partial charge in [-0.05, 0) is 25.1 Å². The van der Waals surface area contributed by atoms with Gasteiger partial charge in [0.1, 0.15) is 4.90 Å². The fraction of sp³-hybridized carbons (Fsp3) is 0.182. The number of aromatic nitrogens is 2. The molecule has 0 radical (unpaired) electrons. The molecule has 0 saturated carbocycles. The van der Waals surface area contributed by atoms with Crippen LogP contribution in [0.25, 0.3) is 0 Å². The highest BCUT2D eigenvalue weighted by atomic mass is 35.5. The van der Waals surface area contributed by atoms with E-state index in [1.165, 1.54) is 22.9 Å². The number of halogens is 1. The molecule has 0 unspecified atom stereocenters. The highest BCUT2D eigenvalue weighted by Crippen LogP contribution is 2.25. The van der Waals surface area contributed by atoms with E-state index in [-0.39, 0.29) is 10.6 Å². The maximum atomic E-state index is 12.2. The van der Waals surface area contributed by atoms with Gasteiger partial charge in [0.15, 0.2) is 0 Å². The van der Waals surface area contributed by atoms with E-state index in [0.29, 0.717) is 16.4 Å². The summed E-state index contributed by atoms with van der Waals surface area (Å²) in [4.78, 5) is -0.0137. The normalized spacial score (nSPS) is 11.5. The first-order valence-electron chi connectivity index (χ1n) is 5.37. The van der Waals surface area contributed by atoms with Gasteiger partial charge in [0.25, 0.3) is 10.0 Å². The number of benzene rings is 1. The molecular formula is C11H13ClN4O2S. The van der Waals surface area contributed by atoms with Crippen molar-refractivity contribution in [3.8, 4) is 0 Å². The minimum atomic E-state index is -3.76. The van der Waals surface area contributed by atoms with Crippen molar-refractivity contribution in [2.24, 2.45) is 7.05 Å². The second kappa shape index (κ2) is 4.75. The van der Waals surface area contributed by atoms with E-state index in [0.717, 1.165) is 0 Å². The molecule has 2 aromatic rings. The highest BCUT2D eigenvalue weighted by molar-refractivity contribution is 7.92. The van der Waals surface area contributed by atoms with Gasteiger partial charge in [0.2, 0.25) is 0 Å². The van der Waals surface area contributed by atoms with Crippen LogP contribution in [0.3, 0.4) is 0 Å². The summed E-state index contributed by atoms with van der Waals surface area (Å²) in [5, 5.41) is 4.45. The fourth-order valence-electron chi connectivity index (χ4n) is 1.66. The molecule has 1 aromatic heterocycles. The van der Waals surface area contributed by atoms with Crippen molar-refractivity contribution in [1.29, 1.82) is 0 Å². The minimum Gasteiger partial charge on any atom is -0.398 e. The number of hydrogen-bond acceptors (Lipinski definition) is 4. The number of nitrogen functional groups attached to an aromatic ring is 1. The largest absolute Gasteiger partial charge is 0.398 e. The van der Waals surface area contributed by atoms with Gasteiger partial charge in [-0.3, -0.25) is 9.40 Å². The fourth-order valence-corrected chi connectivity index (χ4v) is 3.06. The van der Waals surface area contributed by atoms with E-state index < -0.39 is 10.0 Å². The third-order valence-corrected chi connectivity index (χ3v) is 4.19. The number of hydrogen-bond donors (Lipinski definition) is 2. The van der Waals surface area contributed by atoms with Gasteiger partial charge < -0.3 is 5.73 Å². The number of rotatable bonds is 3. The lowest BCUT2D eigenvalue weighted by Gasteiger charge is -2.09. The molecule has 6 nitrogen and oxygen atoms in total. The molecule has 102 valence electrons. The Balaban J connectivity index is 2.40. The summed E-state index contributed by atoms with van der Waals surface area (Å²) in [6, 6.07) is 4.24. The highest BCUT2D eigenvalue weighted by Gasteiger charge is 2.19. The van der Waals surface area contributed by atoms with Crippen LogP contribution < -0.4 is 10.5 Å². The molecule has 0 amide bonds. The Hall–Kier alpha value is -1.73. The zero-order valence-electron chi connectivity index (χ0n) is 10.4. The van der Waals surface area contributed by atoms with Gasteiger partial charge in [-0.1, -0.05) is 11.6 Å². The molecule has 0 spiro atoms. The van der Waals surface area contributed by atoms with Crippen LogP contribution in [-0.4, -0.2) is 18.2 Å². The average molecular weight is 301 g/mol. The molecule has 2 rings (SSSR count). The quantitative estimate of drug-likeness (QED) is 0.845. The van der Waals surface area contributed by atoms with Gasteiger partial charge >= 0.3 is 0 Å². The van der Waals surface area contributed by atoms with Crippen molar-refractivity contribution < 1.29 is 8.42 Å². The number of sulfonamides is 1. The number of anilines is 2. The van der Waals surface area contributed by atoms with Crippen LogP contribution in [0.5, 0.6) is 0 Å². The molecule has 1 aromatic carbocycles. The number of nitrogens with zero attached hydrogens (tertiary/aromatic N) is 2. The Morgan fingerprint density at radius 1 is 1.42 bits per heavy atom. The lowest BCUT2D eigenvalue weighted by atomic mass is 10.3. The third-order valence-electron chi connectivity index (χ3n) is 2.52. The molecule has 0 fully saturated rings. The van der Waals surface area contributed by atoms with Gasteiger partial charge in [-0.2, -0.15) is 5.10 Å². The number of aryl methyl sites for hydroxylation is 2. The lowest BCUT2D eigenvalue weighted by Crippen LogP contribution is -2.15. The number of nitrogens with two attached hydrogens (primary N) is 1. The van der Waals surface area contributed by atoms with E-state index in [1.54, 1.807) is 20.2 Å². The van der Waals surface area contributed by atoms with Crippen molar-refractivity contribution in [3.63, 3.8) is 0 Å². The summed E-state index contributed by atoms with van der Waals surface area (Å²) < 4.78 is 28.4. The molecule has 0 aliphatic rings. The molecule has 0 saturated heterocycles. The maximum Gasteiger partial charge on any atom is 0.264 e. The Labute approximate surface area is 116 Å². The zero-order chi connectivity index (χ0) is 14.2. The predicted molar refractivity (Wildman–Crippen MR) is 74.6 cm³/mol. The van der Waals surface area contributed by atoms with Crippen molar-refractivity contribution in [2.45, 2.75) is 11.8 Å². The standard InChI is InChI=1S/C11H13ClN4O2S/c1-7-10(6-16(2)14-7)15-19(17,18)11-4-3-8(12)5-9(11)13/h3-6,15H,13H2,1-2H3. The minimum absolute atomic E-state index is 0.0137. The third kappa shape index (κ3) is 2.82. The summed E-state index contributed by atoms with van der Waals surface area (Å²) >= 11 is 5.75. The Kier molecular flexibility index (Phi) is 3.42. The first-order chi connectivity index (χ1) is 8.79. The van der Waals surface area contributed by atoms with Gasteiger partial charge in [-0.25, -0.2) is 8.42 Å². The second-order valence-corrected chi connectivity index (χ2v) is 6.18. The van der Waals surface area contributed by atoms with Crippen molar-refractivity contribution >= 4 is 33.0 Å². The van der Waals surface area contributed by atoms with E-state index in [4.69, 9.17) is 17.3 Å². The summed E-state index contributed by atoms with van der Waals surface area (Å²) in [7, 11) is -2.05. The molecule has 0 aliphatic heterocycles. The maximum absolute atomic E-state index is 12.2. The van der Waals surface area contributed by atoms with E-state index in [1.807, 2.05) is 0 Å². The summed E-state index contributed by atoms with van der Waals surface area (Å²) in [5.41, 5.74) is 6.77. The van der Waals surface area contributed by atoms with Crippen molar-refractivity contribution in [3.05, 3.63) is 35.1 Å². The smallest absolute Gasteiger partial charge is 0.264 e. The van der Waals surface area contributed by atoms with E-state index in [9.17, 15) is 8.42 Å². The molecular weight excluding hydrogens is 288 g/mol. The van der Waals surface area contributed by atoms with Crippen molar-refractivity contribution in [1.82, 2.24) is 9.78 Å². The van der Waals surface area contributed by atoms with E-state index in [2.05, 4.69) is 9.82 Å². The van der Waals surface area contributed by atoms with Crippen LogP contribution >= 0.6 is 11.6 Å². The molecule has 19 heavy (non-hydrogen) atoms. The first kappa shape index (κ1) is 13.7. The molecule has 1 heterocycles. The van der Waals surface area contributed by atoms with Crippen LogP contribution in [0.15, 0.2) is 29.3 Å². The molecule has 0 atom stereocenters. The molecule has 0 aliphatic carbocycles. The van der Waals surface area contributed by atoms with E-state index >= 15 is 0 Å². The average Bonchev–Trinajstić information content (AvgIpc) is 2.55. The Bertz CT molecular complexity index is 724. The predicted octanol–water partition coefficient (Wildman–Crippen LogP) is 1.76. The van der Waals surface area contributed by atoms with Gasteiger partial charge in [0, 0.05) is 18.3 Å². The summed E-state index contributed by atoms with van der Waals surface area (Å²) in [6.45, 7) is 1.71. The SMILES string of the molecule is Cc1nn(C)cc1NS(=O)(=O)c1ccc(Cl)cc1N. The molecule has 8 heteroatoms. The zero-order valence-corrected chi connectivity index (χ0v) is 12.0. The topological polar surface area (TPSA) is 90.0 Å². The van der Waals surface area contributed by atoms with Crippen LogP contribution in [0, 0.1) is 6.92 Å². The molecule has 0 bridgehead atoms. The van der Waals surface area contributed by atoms with Crippen LogP contribution in [0.1, 0.15) is 5.69 Å². The van der Waals surface area contributed by atoms with Crippen molar-refractivity contribution in [2.75, 3.05) is 10.5 Å². The lowest BCUT2D eigenvalue weighted by molar-refractivity contribution is 0.601. The first-order valence-corrected chi connectivity index (χ1v) is 7.24.